The fourth-order valence-electron chi connectivity index (χ4n) is 3.20. The van der Waals surface area contributed by atoms with Crippen LogP contribution in [-0.4, -0.2) is 38.1 Å². The number of rotatable bonds is 6. The molecule has 1 aromatic heterocycles. The molecule has 1 saturated carbocycles. The molecule has 1 fully saturated rings. The van der Waals surface area contributed by atoms with Crippen molar-refractivity contribution in [2.75, 3.05) is 7.11 Å². The third-order valence-electron chi connectivity index (χ3n) is 4.40. The summed E-state index contributed by atoms with van der Waals surface area (Å²) in [6.07, 6.45) is 3.79. The molecule has 0 aromatic carbocycles. The van der Waals surface area contributed by atoms with Gasteiger partial charge in [-0.05, 0) is 40.0 Å². The van der Waals surface area contributed by atoms with Crippen LogP contribution in [0.15, 0.2) is 4.52 Å². The van der Waals surface area contributed by atoms with Crippen molar-refractivity contribution in [2.45, 2.75) is 70.3 Å². The third-order valence-corrected chi connectivity index (χ3v) is 6.47. The highest BCUT2D eigenvalue weighted by molar-refractivity contribution is 7.90. The number of nitrogens with zero attached hydrogens (tertiary/aromatic N) is 1. The summed E-state index contributed by atoms with van der Waals surface area (Å²) in [6, 6.07) is -0.207. The van der Waals surface area contributed by atoms with Crippen molar-refractivity contribution >= 4 is 10.0 Å². The average molecular weight is 330 g/mol. The summed E-state index contributed by atoms with van der Waals surface area (Å²) < 4.78 is 38.6. The zero-order chi connectivity index (χ0) is 16.3. The van der Waals surface area contributed by atoms with Gasteiger partial charge >= 0.3 is 0 Å². The molecule has 0 amide bonds. The van der Waals surface area contributed by atoms with Crippen LogP contribution in [0.4, 0.5) is 0 Å². The first-order valence-electron chi connectivity index (χ1n) is 7.81. The van der Waals surface area contributed by atoms with Crippen molar-refractivity contribution < 1.29 is 17.7 Å². The van der Waals surface area contributed by atoms with Gasteiger partial charge in [0.2, 0.25) is 10.0 Å². The van der Waals surface area contributed by atoms with E-state index in [-0.39, 0.29) is 12.1 Å². The Balaban J connectivity index is 2.04. The zero-order valence-electron chi connectivity index (χ0n) is 13.8. The lowest BCUT2D eigenvalue weighted by Crippen LogP contribution is -2.47. The lowest BCUT2D eigenvalue weighted by Gasteiger charge is -2.31. The van der Waals surface area contributed by atoms with Crippen molar-refractivity contribution in [3.8, 4) is 0 Å². The number of nitrogens with one attached hydrogen (secondary N) is 1. The Hall–Kier alpha value is -0.920. The number of hydrogen-bond acceptors (Lipinski definition) is 5. The van der Waals surface area contributed by atoms with Gasteiger partial charge in [0, 0.05) is 18.7 Å². The molecule has 1 aliphatic carbocycles. The van der Waals surface area contributed by atoms with Gasteiger partial charge in [0.15, 0.2) is 0 Å². The van der Waals surface area contributed by atoms with Crippen LogP contribution in [0.1, 0.15) is 49.6 Å². The molecule has 0 bridgehead atoms. The van der Waals surface area contributed by atoms with Crippen LogP contribution in [0.5, 0.6) is 0 Å². The van der Waals surface area contributed by atoms with Crippen LogP contribution < -0.4 is 4.72 Å². The number of methoxy groups -OCH3 is 1. The fourth-order valence-corrected chi connectivity index (χ4v) is 5.14. The standard InChI is InChI=1S/C15H26N2O4S/c1-10(9-13-11(2)16-21-12(13)3)17-22(18,19)15-8-6-5-7-14(15)20-4/h10,14-15,17H,5-9H2,1-4H3. The second kappa shape index (κ2) is 7.10. The Labute approximate surface area is 132 Å². The summed E-state index contributed by atoms with van der Waals surface area (Å²) >= 11 is 0. The minimum Gasteiger partial charge on any atom is -0.380 e. The van der Waals surface area contributed by atoms with Crippen LogP contribution >= 0.6 is 0 Å². The van der Waals surface area contributed by atoms with E-state index in [1.54, 1.807) is 7.11 Å². The second-order valence-corrected chi connectivity index (χ2v) is 8.10. The van der Waals surface area contributed by atoms with Gasteiger partial charge in [-0.15, -0.1) is 0 Å². The molecular formula is C15H26N2O4S. The molecule has 0 aliphatic heterocycles. The zero-order valence-corrected chi connectivity index (χ0v) is 14.6. The van der Waals surface area contributed by atoms with Crippen molar-refractivity contribution in [1.29, 1.82) is 0 Å². The van der Waals surface area contributed by atoms with E-state index in [0.29, 0.717) is 12.8 Å². The maximum atomic E-state index is 12.6. The van der Waals surface area contributed by atoms with Crippen LogP contribution in [0.25, 0.3) is 0 Å². The molecule has 1 N–H and O–H groups in total. The smallest absolute Gasteiger partial charge is 0.217 e. The van der Waals surface area contributed by atoms with Gasteiger partial charge in [-0.1, -0.05) is 18.0 Å². The molecule has 1 aromatic rings. The number of aryl methyl sites for hydroxylation is 2. The monoisotopic (exact) mass is 330 g/mol. The molecule has 7 heteroatoms. The van der Waals surface area contributed by atoms with E-state index in [1.807, 2.05) is 20.8 Å². The van der Waals surface area contributed by atoms with E-state index in [0.717, 1.165) is 36.3 Å². The van der Waals surface area contributed by atoms with E-state index in [1.165, 1.54) is 0 Å². The number of sulfonamides is 1. The molecular weight excluding hydrogens is 304 g/mol. The molecule has 22 heavy (non-hydrogen) atoms. The highest BCUT2D eigenvalue weighted by Crippen LogP contribution is 2.26. The van der Waals surface area contributed by atoms with Gasteiger partial charge in [0.1, 0.15) is 11.0 Å². The van der Waals surface area contributed by atoms with Crippen molar-refractivity contribution in [3.05, 3.63) is 17.0 Å². The fraction of sp³-hybridized carbons (Fsp3) is 0.800. The molecule has 0 saturated heterocycles. The highest BCUT2D eigenvalue weighted by Gasteiger charge is 2.36. The van der Waals surface area contributed by atoms with Gasteiger partial charge in [0.05, 0.1) is 11.8 Å². The Morgan fingerprint density at radius 3 is 2.64 bits per heavy atom. The Morgan fingerprint density at radius 1 is 1.36 bits per heavy atom. The van der Waals surface area contributed by atoms with Gasteiger partial charge in [-0.2, -0.15) is 0 Å². The highest BCUT2D eigenvalue weighted by atomic mass is 32.2. The van der Waals surface area contributed by atoms with E-state index in [4.69, 9.17) is 9.26 Å². The topological polar surface area (TPSA) is 81.4 Å². The van der Waals surface area contributed by atoms with Gasteiger partial charge in [-0.3, -0.25) is 0 Å². The number of hydrogen-bond donors (Lipinski definition) is 1. The second-order valence-electron chi connectivity index (χ2n) is 6.17. The molecule has 0 radical (unpaired) electrons. The lowest BCUT2D eigenvalue weighted by atomic mass is 9.97. The molecule has 1 heterocycles. The summed E-state index contributed by atoms with van der Waals surface area (Å²) in [5.74, 6) is 0.746. The molecule has 2 rings (SSSR count). The van der Waals surface area contributed by atoms with Gasteiger partial charge in [-0.25, -0.2) is 13.1 Å². The van der Waals surface area contributed by atoms with Crippen LogP contribution in [-0.2, 0) is 21.2 Å². The Kier molecular flexibility index (Phi) is 5.63. The quantitative estimate of drug-likeness (QED) is 0.864. The molecule has 126 valence electrons. The Bertz CT molecular complexity index is 577. The molecule has 3 atom stereocenters. The SMILES string of the molecule is COC1CCCCC1S(=O)(=O)NC(C)Cc1c(C)noc1C. The third kappa shape index (κ3) is 3.88. The molecule has 3 unspecified atom stereocenters. The first-order valence-corrected chi connectivity index (χ1v) is 9.35. The summed E-state index contributed by atoms with van der Waals surface area (Å²) in [7, 11) is -1.81. The molecule has 6 nitrogen and oxygen atoms in total. The summed E-state index contributed by atoms with van der Waals surface area (Å²) in [5, 5.41) is 3.45. The van der Waals surface area contributed by atoms with Gasteiger partial charge < -0.3 is 9.26 Å². The number of aromatic nitrogens is 1. The van der Waals surface area contributed by atoms with E-state index < -0.39 is 15.3 Å². The lowest BCUT2D eigenvalue weighted by molar-refractivity contribution is 0.0734. The van der Waals surface area contributed by atoms with Gasteiger partial charge in [0.25, 0.3) is 0 Å². The van der Waals surface area contributed by atoms with Crippen LogP contribution in [0, 0.1) is 13.8 Å². The molecule has 0 spiro atoms. The molecule has 1 aliphatic rings. The first kappa shape index (κ1) is 17.4. The summed E-state index contributed by atoms with van der Waals surface area (Å²) in [4.78, 5) is 0. The predicted molar refractivity (Wildman–Crippen MR) is 84.3 cm³/mol. The van der Waals surface area contributed by atoms with E-state index in [2.05, 4.69) is 9.88 Å². The number of ether oxygens (including phenoxy) is 1. The predicted octanol–water partition coefficient (Wildman–Crippen LogP) is 2.10. The van der Waals surface area contributed by atoms with Crippen molar-refractivity contribution in [2.24, 2.45) is 0 Å². The van der Waals surface area contributed by atoms with Crippen molar-refractivity contribution in [3.63, 3.8) is 0 Å². The normalized spacial score (nSPS) is 24.4. The van der Waals surface area contributed by atoms with E-state index >= 15 is 0 Å². The van der Waals surface area contributed by atoms with E-state index in [9.17, 15) is 8.42 Å². The van der Waals surface area contributed by atoms with Crippen LogP contribution in [0.2, 0.25) is 0 Å². The minimum atomic E-state index is -3.40. The summed E-state index contributed by atoms with van der Waals surface area (Å²) in [5.41, 5.74) is 1.79. The first-order chi connectivity index (χ1) is 10.3. The maximum absolute atomic E-state index is 12.6. The summed E-state index contributed by atoms with van der Waals surface area (Å²) in [6.45, 7) is 5.59. The van der Waals surface area contributed by atoms with Crippen molar-refractivity contribution in [1.82, 2.24) is 9.88 Å². The Morgan fingerprint density at radius 2 is 2.05 bits per heavy atom. The maximum Gasteiger partial charge on any atom is 0.217 e. The van der Waals surface area contributed by atoms with Crippen LogP contribution in [0.3, 0.4) is 0 Å². The largest absolute Gasteiger partial charge is 0.380 e. The average Bonchev–Trinajstić information content (AvgIpc) is 2.78. The minimum absolute atomic E-state index is 0.207.